The van der Waals surface area contributed by atoms with Crippen LogP contribution in [-0.2, 0) is 38.6 Å². The number of β-amino-alcohol motifs (C(OH)–C–C–N with tert-alkyl or cyclic N) is 1. The Hall–Kier alpha value is -6.83. The van der Waals surface area contributed by atoms with Crippen LogP contribution in [0, 0.1) is 12.3 Å². The van der Waals surface area contributed by atoms with E-state index in [9.17, 15) is 24.3 Å². The van der Waals surface area contributed by atoms with Crippen molar-refractivity contribution in [3.63, 3.8) is 0 Å². The van der Waals surface area contributed by atoms with Crippen LogP contribution in [-0.4, -0.2) is 126 Å². The van der Waals surface area contributed by atoms with Crippen molar-refractivity contribution in [3.8, 4) is 27.3 Å². The Morgan fingerprint density at radius 1 is 0.929 bits per heavy atom. The van der Waals surface area contributed by atoms with E-state index >= 15 is 0 Å². The molecule has 0 radical (unpaired) electrons. The van der Waals surface area contributed by atoms with E-state index in [2.05, 4.69) is 40.4 Å². The molecule has 10 rings (SSSR count). The monoisotopic (exact) mass is 967 g/mol. The average molecular weight is 968 g/mol. The van der Waals surface area contributed by atoms with Crippen LogP contribution in [0.25, 0.3) is 32.6 Å². The average Bonchev–Trinajstić information content (AvgIpc) is 4.10. The highest BCUT2D eigenvalue weighted by Gasteiger charge is 2.45. The van der Waals surface area contributed by atoms with Gasteiger partial charge in [0.05, 0.1) is 52.5 Å². The van der Waals surface area contributed by atoms with Gasteiger partial charge < -0.3 is 39.9 Å². The topological polar surface area (TPSA) is 210 Å². The predicted molar refractivity (Wildman–Crippen MR) is 262 cm³/mol. The number of amides is 4. The maximum atomic E-state index is 14.4. The maximum Gasteiger partial charge on any atom is 0.291 e. The molecule has 19 heteroatoms. The van der Waals surface area contributed by atoms with Crippen LogP contribution in [0.15, 0.2) is 66.2 Å². The second kappa shape index (κ2) is 19.2. The zero-order chi connectivity index (χ0) is 48.8. The second-order valence-corrected chi connectivity index (χ2v) is 20.5. The fraction of sp³-hybridized carbons (Fsp3) is 0.431. The molecular formula is C51H57N11O7S. The maximum absolute atomic E-state index is 14.4. The molecule has 4 amide bonds. The van der Waals surface area contributed by atoms with Gasteiger partial charge in [-0.1, -0.05) is 57.2 Å². The number of nitrogens with zero attached hydrogens (tertiary/aromatic N) is 9. The Bertz CT molecular complexity index is 2980. The van der Waals surface area contributed by atoms with E-state index in [4.69, 9.17) is 14.6 Å². The molecule has 0 bridgehead atoms. The summed E-state index contributed by atoms with van der Waals surface area (Å²) in [6.07, 6.45) is 1.67. The molecule has 3 aromatic heterocycles. The zero-order valence-electron chi connectivity index (χ0n) is 40.0. The highest BCUT2D eigenvalue weighted by atomic mass is 32.1. The number of aromatic nitrogens is 6. The third-order valence-corrected chi connectivity index (χ3v) is 14.8. The van der Waals surface area contributed by atoms with E-state index in [1.165, 1.54) is 10.6 Å². The molecule has 0 saturated carbocycles. The minimum atomic E-state index is -1.10. The third kappa shape index (κ3) is 9.32. The number of ether oxygens (including phenoxy) is 2. The lowest BCUT2D eigenvalue weighted by Gasteiger charge is -2.35. The van der Waals surface area contributed by atoms with Crippen LogP contribution in [0.4, 0.5) is 11.5 Å². The molecular weight excluding hydrogens is 911 g/mol. The summed E-state index contributed by atoms with van der Waals surface area (Å²) in [7, 11) is 0. The summed E-state index contributed by atoms with van der Waals surface area (Å²) >= 11 is 1.57. The summed E-state index contributed by atoms with van der Waals surface area (Å²) in [5, 5.41) is 30.3. The number of nitrogens with one attached hydrogen (secondary N) is 2. The first-order valence-electron chi connectivity index (χ1n) is 23.9. The van der Waals surface area contributed by atoms with Gasteiger partial charge in [-0.05, 0) is 71.7 Å². The summed E-state index contributed by atoms with van der Waals surface area (Å²) in [5.74, 6) is -0.255. The Labute approximate surface area is 409 Å². The summed E-state index contributed by atoms with van der Waals surface area (Å²) in [5.41, 5.74) is 9.57. The summed E-state index contributed by atoms with van der Waals surface area (Å²) in [6.45, 7) is 12.8. The molecule has 0 aliphatic carbocycles. The van der Waals surface area contributed by atoms with Gasteiger partial charge in [-0.15, -0.1) is 21.5 Å². The highest BCUT2D eigenvalue weighted by molar-refractivity contribution is 7.13. The molecule has 3 atom stereocenters. The number of likely N-dealkylation sites (tertiary alicyclic amines) is 1. The van der Waals surface area contributed by atoms with Crippen LogP contribution >= 0.6 is 11.3 Å². The fourth-order valence-corrected chi connectivity index (χ4v) is 10.8. The molecule has 364 valence electrons. The molecule has 7 heterocycles. The fourth-order valence-electron chi connectivity index (χ4n) is 9.95. The molecule has 18 nitrogen and oxygen atoms in total. The lowest BCUT2D eigenvalue weighted by Crippen LogP contribution is -2.57. The third-order valence-electron chi connectivity index (χ3n) is 13.8. The summed E-state index contributed by atoms with van der Waals surface area (Å²) < 4.78 is 14.1. The van der Waals surface area contributed by atoms with Crippen LogP contribution in [0.3, 0.4) is 0 Å². The summed E-state index contributed by atoms with van der Waals surface area (Å²) in [6, 6.07) is 17.6. The highest BCUT2D eigenvalue weighted by Crippen LogP contribution is 2.43. The minimum Gasteiger partial charge on any atom is -0.490 e. The van der Waals surface area contributed by atoms with Gasteiger partial charge in [0.15, 0.2) is 5.82 Å². The van der Waals surface area contributed by atoms with Crippen molar-refractivity contribution < 1.29 is 33.8 Å². The SMILES string of the molecule is CC(=O)N1CCc2c(c(N3CCOc4cc(-c5ccc6nnc(C(=O)N[C@H](C(=O)N7C[C@H](O)C[C@H]7C(=O)NCc7ccc(-c8scnc8C)cc7)C(C)(C)C)nc6c5)ccc43)nn2C2CCOCC2)C1. The van der Waals surface area contributed by atoms with Gasteiger partial charge in [-0.3, -0.25) is 23.9 Å². The Balaban J connectivity index is 0.848. The van der Waals surface area contributed by atoms with Crippen molar-refractivity contribution >= 4 is 57.5 Å². The van der Waals surface area contributed by atoms with Gasteiger partial charge in [0.25, 0.3) is 5.91 Å². The molecule has 2 fully saturated rings. The molecule has 3 N–H and O–H groups in total. The van der Waals surface area contributed by atoms with E-state index < -0.39 is 41.3 Å². The van der Waals surface area contributed by atoms with Crippen LogP contribution in [0.5, 0.6) is 5.75 Å². The first-order valence-corrected chi connectivity index (χ1v) is 24.8. The molecule has 0 unspecified atom stereocenters. The van der Waals surface area contributed by atoms with Crippen molar-refractivity contribution in [3.05, 3.63) is 94.5 Å². The van der Waals surface area contributed by atoms with Gasteiger partial charge in [-0.25, -0.2) is 9.97 Å². The van der Waals surface area contributed by atoms with Crippen LogP contribution in [0.1, 0.15) is 86.1 Å². The van der Waals surface area contributed by atoms with E-state index in [-0.39, 0.29) is 37.3 Å². The number of anilines is 2. The van der Waals surface area contributed by atoms with E-state index in [0.717, 1.165) is 69.2 Å². The smallest absolute Gasteiger partial charge is 0.291 e. The number of carbonyl (C=O) groups is 4. The van der Waals surface area contributed by atoms with Gasteiger partial charge >= 0.3 is 0 Å². The quantitative estimate of drug-likeness (QED) is 0.155. The molecule has 2 saturated heterocycles. The number of hydrogen-bond acceptors (Lipinski definition) is 14. The normalized spacial score (nSPS) is 18.8. The molecule has 4 aliphatic heterocycles. The van der Waals surface area contributed by atoms with Gasteiger partial charge in [-0.2, -0.15) is 5.10 Å². The van der Waals surface area contributed by atoms with E-state index in [1.807, 2.05) is 92.7 Å². The van der Waals surface area contributed by atoms with Gasteiger partial charge in [0, 0.05) is 63.9 Å². The number of fused-ring (bicyclic) bond motifs is 3. The van der Waals surface area contributed by atoms with Gasteiger partial charge in [0.2, 0.25) is 23.5 Å². The van der Waals surface area contributed by atoms with E-state index in [0.29, 0.717) is 56.2 Å². The van der Waals surface area contributed by atoms with Crippen molar-refractivity contribution in [1.29, 1.82) is 0 Å². The number of aliphatic hydroxyl groups excluding tert-OH is 1. The number of hydrogen-bond donors (Lipinski definition) is 3. The summed E-state index contributed by atoms with van der Waals surface area (Å²) in [4.78, 5) is 70.1. The van der Waals surface area contributed by atoms with Crippen molar-refractivity contribution in [2.24, 2.45) is 5.41 Å². The Morgan fingerprint density at radius 3 is 2.43 bits per heavy atom. The molecule has 4 aliphatic rings. The second-order valence-electron chi connectivity index (χ2n) is 19.6. The molecule has 6 aromatic rings. The Morgan fingerprint density at radius 2 is 1.69 bits per heavy atom. The number of carbonyl (C=O) groups excluding carboxylic acids is 4. The first kappa shape index (κ1) is 46.9. The molecule has 0 spiro atoms. The van der Waals surface area contributed by atoms with Crippen molar-refractivity contribution in [1.82, 2.24) is 50.4 Å². The van der Waals surface area contributed by atoms with Crippen molar-refractivity contribution in [2.75, 3.05) is 44.4 Å². The largest absolute Gasteiger partial charge is 0.490 e. The number of rotatable bonds is 10. The van der Waals surface area contributed by atoms with E-state index in [1.54, 1.807) is 24.3 Å². The van der Waals surface area contributed by atoms with Crippen LogP contribution < -0.4 is 20.3 Å². The number of aliphatic hydroxyl groups is 1. The van der Waals surface area contributed by atoms with Crippen molar-refractivity contribution in [2.45, 2.75) is 97.6 Å². The lowest BCUT2D eigenvalue weighted by molar-refractivity contribution is -0.142. The number of thiazole rings is 1. The van der Waals surface area contributed by atoms with Gasteiger partial charge in [0.1, 0.15) is 30.0 Å². The lowest BCUT2D eigenvalue weighted by atomic mass is 9.85. The first-order chi connectivity index (χ1) is 33.7. The predicted octanol–water partition coefficient (Wildman–Crippen LogP) is 5.53. The molecule has 3 aromatic carbocycles. The number of aryl methyl sites for hydroxylation is 1. The minimum absolute atomic E-state index is 0.0444. The Kier molecular flexibility index (Phi) is 12.8. The standard InChI is InChI=1S/C51H57N11O7S/c1-29-44(70-28-53-29)32-8-6-31(7-9-32)25-52-48(65)42-24-36(64)26-61(42)50(67)45(51(3,4)5)55-49(66)46-54-39-22-33(10-12-38(39)56-57-46)34-11-13-41-43(23-34)69-21-18-60(41)47-37-27-59(30(2)63)17-14-40(37)62(58-47)35-15-19-68-20-16-35/h6-13,22-23,28,35-36,42,45,64H,14-21,24-27H2,1-5H3,(H,52,65)(H,55,66)/t36-,42+,45-/m1/s1. The van der Waals surface area contributed by atoms with Crippen LogP contribution in [0.2, 0.25) is 0 Å². The zero-order valence-corrected chi connectivity index (χ0v) is 40.8. The molecule has 70 heavy (non-hydrogen) atoms. The number of benzene rings is 3.